The van der Waals surface area contributed by atoms with Gasteiger partial charge >= 0.3 is 0 Å². The minimum absolute atomic E-state index is 0.380. The van der Waals surface area contributed by atoms with Crippen LogP contribution in [0.4, 0.5) is 23.1 Å². The van der Waals surface area contributed by atoms with E-state index in [-0.39, 0.29) is 0 Å². The fourth-order valence-corrected chi connectivity index (χ4v) is 2.84. The summed E-state index contributed by atoms with van der Waals surface area (Å²) in [5.41, 5.74) is 5.43. The van der Waals surface area contributed by atoms with Crippen LogP contribution in [-0.4, -0.2) is 9.97 Å². The smallest absolute Gasteiger partial charge is 0.239 e. The van der Waals surface area contributed by atoms with Gasteiger partial charge in [-0.1, -0.05) is 48.5 Å². The number of nitrogens with two attached hydrogens (primary N) is 1. The largest absolute Gasteiger partial charge is 0.294 e. The number of rotatable bonds is 4. The van der Waals surface area contributed by atoms with Gasteiger partial charge < -0.3 is 0 Å². The van der Waals surface area contributed by atoms with Gasteiger partial charge in [-0.05, 0) is 36.4 Å². The summed E-state index contributed by atoms with van der Waals surface area (Å²) < 4.78 is 0. The first-order valence-corrected chi connectivity index (χ1v) is 8.00. The molecule has 0 saturated heterocycles. The van der Waals surface area contributed by atoms with Crippen LogP contribution in [0, 0.1) is 0 Å². The van der Waals surface area contributed by atoms with Gasteiger partial charge in [-0.3, -0.25) is 10.3 Å². The molecule has 4 aromatic rings. The molecule has 25 heavy (non-hydrogen) atoms. The zero-order valence-corrected chi connectivity index (χ0v) is 13.5. The van der Waals surface area contributed by atoms with Crippen molar-refractivity contribution in [2.24, 2.45) is 5.84 Å². The number of benzene rings is 3. The molecule has 0 atom stereocenters. The Balaban J connectivity index is 2.01. The number of fused-ring (bicyclic) bond motifs is 1. The summed E-state index contributed by atoms with van der Waals surface area (Å²) in [5, 5.41) is 0.953. The van der Waals surface area contributed by atoms with Crippen molar-refractivity contribution in [2.75, 3.05) is 10.3 Å². The van der Waals surface area contributed by atoms with Crippen molar-refractivity contribution in [3.05, 3.63) is 84.9 Å². The number of anilines is 4. The van der Waals surface area contributed by atoms with Gasteiger partial charge in [0.25, 0.3) is 0 Å². The summed E-state index contributed by atoms with van der Waals surface area (Å²) in [7, 11) is 0. The van der Waals surface area contributed by atoms with E-state index in [1.807, 2.05) is 60.7 Å². The molecule has 0 saturated carbocycles. The maximum absolute atomic E-state index is 5.59. The number of hydrogen-bond donors (Lipinski definition) is 2. The summed E-state index contributed by atoms with van der Waals surface area (Å²) in [6.07, 6.45) is 0. The molecule has 5 nitrogen and oxygen atoms in total. The van der Waals surface area contributed by atoms with Crippen LogP contribution in [0.3, 0.4) is 0 Å². The Morgan fingerprint density at radius 3 is 1.84 bits per heavy atom. The van der Waals surface area contributed by atoms with Gasteiger partial charge in [-0.2, -0.15) is 4.98 Å². The number of nitrogens with one attached hydrogen (secondary N) is 1. The maximum atomic E-state index is 5.59. The van der Waals surface area contributed by atoms with Gasteiger partial charge in [0.05, 0.1) is 5.52 Å². The average molecular weight is 327 g/mol. The van der Waals surface area contributed by atoms with Crippen LogP contribution in [0.2, 0.25) is 0 Å². The first kappa shape index (κ1) is 15.1. The van der Waals surface area contributed by atoms with E-state index in [2.05, 4.69) is 44.6 Å². The lowest BCUT2D eigenvalue weighted by Crippen LogP contribution is -2.16. The van der Waals surface area contributed by atoms with Crippen LogP contribution in [0.15, 0.2) is 84.9 Å². The summed E-state index contributed by atoms with van der Waals surface area (Å²) in [6, 6.07) is 28.2. The molecule has 0 aliphatic rings. The molecule has 4 rings (SSSR count). The van der Waals surface area contributed by atoms with Crippen LogP contribution in [0.5, 0.6) is 0 Å². The van der Waals surface area contributed by atoms with Crippen molar-refractivity contribution in [1.29, 1.82) is 0 Å². The second kappa shape index (κ2) is 6.59. The van der Waals surface area contributed by atoms with E-state index in [1.54, 1.807) is 0 Å². The van der Waals surface area contributed by atoms with E-state index < -0.39 is 0 Å². The number of hydrogen-bond acceptors (Lipinski definition) is 5. The number of para-hydroxylation sites is 3. The van der Waals surface area contributed by atoms with Gasteiger partial charge in [0.1, 0.15) is 0 Å². The van der Waals surface area contributed by atoms with Crippen LogP contribution in [0.1, 0.15) is 0 Å². The van der Waals surface area contributed by atoms with E-state index >= 15 is 0 Å². The standard InChI is InChI=1S/C20H17N5/c21-24-20-22-18-14-8-7-13-17(18)19(23-20)25(15-9-3-1-4-10-15)16-11-5-2-6-12-16/h1-14H,21H2,(H,22,23,24). The van der Waals surface area contributed by atoms with Crippen molar-refractivity contribution in [3.8, 4) is 0 Å². The zero-order valence-electron chi connectivity index (χ0n) is 13.5. The number of nitrogens with zero attached hydrogens (tertiary/aromatic N) is 3. The van der Waals surface area contributed by atoms with Crippen molar-refractivity contribution in [1.82, 2.24) is 9.97 Å². The molecule has 0 unspecified atom stereocenters. The Labute approximate surface area is 145 Å². The van der Waals surface area contributed by atoms with Crippen molar-refractivity contribution in [3.63, 3.8) is 0 Å². The molecular weight excluding hydrogens is 310 g/mol. The molecule has 3 aromatic carbocycles. The highest BCUT2D eigenvalue weighted by Gasteiger charge is 2.17. The third-order valence-electron chi connectivity index (χ3n) is 3.95. The van der Waals surface area contributed by atoms with Crippen LogP contribution < -0.4 is 16.2 Å². The number of hydrazine groups is 1. The highest BCUT2D eigenvalue weighted by molar-refractivity contribution is 5.95. The van der Waals surface area contributed by atoms with E-state index in [1.165, 1.54) is 0 Å². The third-order valence-corrected chi connectivity index (χ3v) is 3.95. The summed E-state index contributed by atoms with van der Waals surface area (Å²) in [4.78, 5) is 11.2. The summed E-state index contributed by atoms with van der Waals surface area (Å²) in [5.74, 6) is 6.75. The van der Waals surface area contributed by atoms with Gasteiger partial charge in [-0.25, -0.2) is 10.8 Å². The Hall–Kier alpha value is -3.44. The van der Waals surface area contributed by atoms with E-state index in [0.29, 0.717) is 5.95 Å². The lowest BCUT2D eigenvalue weighted by atomic mass is 10.2. The molecule has 3 N–H and O–H groups in total. The maximum Gasteiger partial charge on any atom is 0.239 e. The highest BCUT2D eigenvalue weighted by atomic mass is 15.3. The van der Waals surface area contributed by atoms with Crippen LogP contribution in [0.25, 0.3) is 10.9 Å². The normalized spacial score (nSPS) is 10.6. The summed E-state index contributed by atoms with van der Waals surface area (Å²) in [6.45, 7) is 0. The first-order valence-electron chi connectivity index (χ1n) is 8.00. The minimum Gasteiger partial charge on any atom is -0.294 e. The molecule has 1 aromatic heterocycles. The number of nitrogen functional groups attached to an aromatic ring is 1. The topological polar surface area (TPSA) is 67.1 Å². The van der Waals surface area contributed by atoms with Crippen LogP contribution in [-0.2, 0) is 0 Å². The van der Waals surface area contributed by atoms with E-state index in [9.17, 15) is 0 Å². The van der Waals surface area contributed by atoms with Crippen molar-refractivity contribution in [2.45, 2.75) is 0 Å². The third kappa shape index (κ3) is 2.88. The number of aromatic nitrogens is 2. The fraction of sp³-hybridized carbons (Fsp3) is 0. The molecule has 0 aliphatic heterocycles. The molecule has 0 amide bonds. The molecule has 5 heteroatoms. The second-order valence-corrected chi connectivity index (χ2v) is 5.54. The Kier molecular flexibility index (Phi) is 3.98. The molecule has 0 fully saturated rings. The Morgan fingerprint density at radius 1 is 0.680 bits per heavy atom. The monoisotopic (exact) mass is 327 g/mol. The quantitative estimate of drug-likeness (QED) is 0.430. The molecule has 0 spiro atoms. The van der Waals surface area contributed by atoms with Crippen molar-refractivity contribution < 1.29 is 0 Å². The fourth-order valence-electron chi connectivity index (χ4n) is 2.84. The minimum atomic E-state index is 0.380. The van der Waals surface area contributed by atoms with E-state index in [0.717, 1.165) is 28.1 Å². The summed E-state index contributed by atoms with van der Waals surface area (Å²) >= 11 is 0. The molecular formula is C20H17N5. The Bertz CT molecular complexity index is 947. The first-order chi connectivity index (χ1) is 12.4. The predicted molar refractivity (Wildman–Crippen MR) is 102 cm³/mol. The van der Waals surface area contributed by atoms with Gasteiger partial charge in [0.15, 0.2) is 5.82 Å². The average Bonchev–Trinajstić information content (AvgIpc) is 2.69. The lowest BCUT2D eigenvalue weighted by Gasteiger charge is -2.25. The molecule has 0 bridgehead atoms. The van der Waals surface area contributed by atoms with Gasteiger partial charge in [0, 0.05) is 16.8 Å². The molecule has 0 radical (unpaired) electrons. The second-order valence-electron chi connectivity index (χ2n) is 5.54. The lowest BCUT2D eigenvalue weighted by molar-refractivity contribution is 1.11. The SMILES string of the molecule is NNc1nc(N(c2ccccc2)c2ccccc2)c2ccccc2n1. The predicted octanol–water partition coefficient (Wildman–Crippen LogP) is 4.39. The van der Waals surface area contributed by atoms with Gasteiger partial charge in [-0.15, -0.1) is 0 Å². The van der Waals surface area contributed by atoms with Gasteiger partial charge in [0.2, 0.25) is 5.95 Å². The van der Waals surface area contributed by atoms with E-state index in [4.69, 9.17) is 5.84 Å². The Morgan fingerprint density at radius 2 is 1.24 bits per heavy atom. The molecule has 122 valence electrons. The molecule has 1 heterocycles. The molecule has 0 aliphatic carbocycles. The van der Waals surface area contributed by atoms with Crippen molar-refractivity contribution >= 4 is 34.0 Å². The zero-order chi connectivity index (χ0) is 17.1. The highest BCUT2D eigenvalue weighted by Crippen LogP contribution is 2.37. The van der Waals surface area contributed by atoms with Crippen LogP contribution >= 0.6 is 0 Å².